The Hall–Kier alpha value is -3.47. The number of H-pyrrole nitrogens is 1. The first-order valence-electron chi connectivity index (χ1n) is 11.6. The lowest BCUT2D eigenvalue weighted by atomic mass is 9.98. The number of methoxy groups -OCH3 is 1. The minimum Gasteiger partial charge on any atom is -0.471 e. The zero-order valence-electron chi connectivity index (χ0n) is 20.4. The summed E-state index contributed by atoms with van der Waals surface area (Å²) in [4.78, 5) is 13.9. The van der Waals surface area contributed by atoms with Gasteiger partial charge in [0.15, 0.2) is 0 Å². The Morgan fingerprint density at radius 1 is 0.909 bits per heavy atom. The van der Waals surface area contributed by atoms with Gasteiger partial charge in [-0.15, -0.1) is 0 Å². The van der Waals surface area contributed by atoms with E-state index in [1.165, 1.54) is 29.4 Å². The number of aryl methyl sites for hydroxylation is 2. The number of hydrogen-bond acceptors (Lipinski definition) is 4. The molecule has 5 nitrogen and oxygen atoms in total. The Labute approximate surface area is 200 Å². The summed E-state index contributed by atoms with van der Waals surface area (Å²) < 4.78 is 3.86. The molecule has 4 rings (SSSR count). The minimum absolute atomic E-state index is 0. The van der Waals surface area contributed by atoms with Crippen LogP contribution in [-0.2, 0) is 35.2 Å². The van der Waals surface area contributed by atoms with E-state index in [9.17, 15) is 0 Å². The smallest absolute Gasteiger partial charge is 0.292 e. The van der Waals surface area contributed by atoms with Crippen molar-refractivity contribution in [3.05, 3.63) is 94.4 Å². The molecule has 0 aliphatic rings. The second kappa shape index (κ2) is 13.8. The van der Waals surface area contributed by atoms with Gasteiger partial charge in [-0.25, -0.2) is 0 Å². The number of pyridine rings is 1. The molecule has 0 radical (unpaired) electrons. The number of rotatable bonds is 7. The highest BCUT2D eigenvalue weighted by Gasteiger charge is 2.05. The third-order valence-corrected chi connectivity index (χ3v) is 5.27. The van der Waals surface area contributed by atoms with Gasteiger partial charge in [0, 0.05) is 32.5 Å². The van der Waals surface area contributed by atoms with Gasteiger partial charge in [0.25, 0.3) is 6.47 Å². The highest BCUT2D eigenvalue weighted by atomic mass is 16.5. The third kappa shape index (κ3) is 7.56. The van der Waals surface area contributed by atoms with E-state index < -0.39 is 0 Å². The maximum Gasteiger partial charge on any atom is 0.292 e. The van der Waals surface area contributed by atoms with Crippen molar-refractivity contribution in [1.29, 1.82) is 0 Å². The van der Waals surface area contributed by atoms with E-state index in [1.54, 1.807) is 0 Å². The molecular formula is C28H39N3O2. The zero-order valence-corrected chi connectivity index (χ0v) is 20.4. The van der Waals surface area contributed by atoms with E-state index in [4.69, 9.17) is 9.78 Å². The zero-order chi connectivity index (χ0) is 24.1. The number of nitrogens with zero attached hydrogens (tertiary/aromatic N) is 2. The van der Waals surface area contributed by atoms with E-state index in [2.05, 4.69) is 83.4 Å². The molecule has 0 amide bonds. The Morgan fingerprint density at radius 2 is 1.52 bits per heavy atom. The fourth-order valence-electron chi connectivity index (χ4n) is 3.71. The fourth-order valence-corrected chi connectivity index (χ4v) is 3.71. The molecule has 0 saturated carbocycles. The van der Waals surface area contributed by atoms with Crippen molar-refractivity contribution < 1.29 is 12.4 Å². The molecule has 0 aliphatic heterocycles. The first kappa shape index (κ1) is 25.8. The molecule has 2 aromatic carbocycles. The Balaban J connectivity index is 0.00000132. The molecule has 2 aromatic heterocycles. The van der Waals surface area contributed by atoms with Crippen molar-refractivity contribution in [2.75, 3.05) is 7.11 Å². The van der Waals surface area contributed by atoms with Gasteiger partial charge in [0.05, 0.1) is 18.8 Å². The maximum atomic E-state index is 8.95. The predicted molar refractivity (Wildman–Crippen MR) is 140 cm³/mol. The van der Waals surface area contributed by atoms with Crippen LogP contribution >= 0.6 is 0 Å². The van der Waals surface area contributed by atoms with Crippen LogP contribution in [0.1, 0.15) is 64.2 Å². The van der Waals surface area contributed by atoms with Gasteiger partial charge in [-0.2, -0.15) is 5.10 Å². The van der Waals surface area contributed by atoms with E-state index >= 15 is 0 Å². The molecule has 33 heavy (non-hydrogen) atoms. The SMILES string of the molecule is CC.CCc1ccc(Cc2cccc(Cc3ccc4[nH]ncc4c3)n2)cc1CC.COC=O.[HH].[HH]. The van der Waals surface area contributed by atoms with Crippen LogP contribution in [0.2, 0.25) is 0 Å². The lowest BCUT2D eigenvalue weighted by Crippen LogP contribution is -1.99. The average Bonchev–Trinajstić information content (AvgIpc) is 3.33. The lowest BCUT2D eigenvalue weighted by molar-refractivity contribution is -0.126. The number of aromatic nitrogens is 3. The number of carbonyl (C=O) groups excluding carboxylic acids is 1. The van der Waals surface area contributed by atoms with Gasteiger partial charge in [-0.05, 0) is 59.4 Å². The van der Waals surface area contributed by atoms with Crippen LogP contribution in [0.3, 0.4) is 0 Å². The highest BCUT2D eigenvalue weighted by Crippen LogP contribution is 2.18. The Bertz CT molecular complexity index is 1150. The molecule has 1 N–H and O–H groups in total. The van der Waals surface area contributed by atoms with Crippen LogP contribution in [0.4, 0.5) is 0 Å². The van der Waals surface area contributed by atoms with Gasteiger partial charge in [0.1, 0.15) is 0 Å². The van der Waals surface area contributed by atoms with Crippen molar-refractivity contribution in [3.63, 3.8) is 0 Å². The van der Waals surface area contributed by atoms with Crippen LogP contribution in [0.25, 0.3) is 10.9 Å². The van der Waals surface area contributed by atoms with E-state index in [0.717, 1.165) is 48.0 Å². The second-order valence-electron chi connectivity index (χ2n) is 7.41. The molecule has 5 heteroatoms. The molecule has 0 fully saturated rings. The van der Waals surface area contributed by atoms with Gasteiger partial charge < -0.3 is 4.74 Å². The Morgan fingerprint density at radius 3 is 2.12 bits per heavy atom. The number of carbonyl (C=O) groups is 1. The third-order valence-electron chi connectivity index (χ3n) is 5.27. The van der Waals surface area contributed by atoms with Gasteiger partial charge in [-0.3, -0.25) is 14.9 Å². The van der Waals surface area contributed by atoms with Crippen LogP contribution in [0.5, 0.6) is 0 Å². The van der Waals surface area contributed by atoms with Gasteiger partial charge in [-0.1, -0.05) is 58.0 Å². The number of fused-ring (bicyclic) bond motifs is 1. The summed E-state index contributed by atoms with van der Waals surface area (Å²) in [5.74, 6) is 0. The first-order valence-corrected chi connectivity index (χ1v) is 11.6. The topological polar surface area (TPSA) is 67.9 Å². The molecule has 0 bridgehead atoms. The van der Waals surface area contributed by atoms with Crippen LogP contribution in [-0.4, -0.2) is 28.8 Å². The van der Waals surface area contributed by atoms with Crippen LogP contribution < -0.4 is 0 Å². The summed E-state index contributed by atoms with van der Waals surface area (Å²) in [7, 11) is 1.31. The second-order valence-corrected chi connectivity index (χ2v) is 7.41. The molecule has 0 aliphatic carbocycles. The van der Waals surface area contributed by atoms with Crippen LogP contribution in [0.15, 0.2) is 60.8 Å². The molecule has 0 spiro atoms. The van der Waals surface area contributed by atoms with Crippen LogP contribution in [0, 0.1) is 0 Å². The summed E-state index contributed by atoms with van der Waals surface area (Å²) in [6, 6.07) is 19.6. The first-order chi connectivity index (χ1) is 16.2. The Kier molecular flexibility index (Phi) is 10.8. The molecule has 0 atom stereocenters. The molecule has 2 heterocycles. The fraction of sp³-hybridized carbons (Fsp3) is 0.321. The standard InChI is InChI=1S/C24H25N3.C2H4O2.C2H6.2H2/c1-3-19-10-8-17(12-20(19)4-2)14-22-6-5-7-23(26-22)15-18-9-11-24-21(13-18)16-25-27-24;1-4-2-3;1-2;;/h5-13,16H,3-4,14-15H2,1-2H3,(H,25,27);2H,1H3;1-2H3;2*1H. The number of aromatic amines is 1. The summed E-state index contributed by atoms with van der Waals surface area (Å²) in [5, 5.41) is 8.24. The van der Waals surface area contributed by atoms with E-state index in [1.807, 2.05) is 20.0 Å². The minimum atomic E-state index is 0. The number of nitrogens with one attached hydrogen (secondary N) is 1. The summed E-state index contributed by atoms with van der Waals surface area (Å²) in [6.45, 7) is 8.83. The molecular weight excluding hydrogens is 410 g/mol. The van der Waals surface area contributed by atoms with Gasteiger partial charge >= 0.3 is 0 Å². The van der Waals surface area contributed by atoms with Crippen molar-refractivity contribution in [2.45, 2.75) is 53.4 Å². The van der Waals surface area contributed by atoms with Crippen molar-refractivity contribution in [2.24, 2.45) is 0 Å². The molecule has 178 valence electrons. The predicted octanol–water partition coefficient (Wildman–Crippen LogP) is 6.57. The highest BCUT2D eigenvalue weighted by molar-refractivity contribution is 5.78. The summed E-state index contributed by atoms with van der Waals surface area (Å²) in [6.07, 6.45) is 5.77. The van der Waals surface area contributed by atoms with Gasteiger partial charge in [0.2, 0.25) is 0 Å². The molecule has 0 unspecified atom stereocenters. The molecule has 4 aromatic rings. The van der Waals surface area contributed by atoms with Crippen molar-refractivity contribution >= 4 is 17.4 Å². The van der Waals surface area contributed by atoms with E-state index in [-0.39, 0.29) is 2.85 Å². The molecule has 0 saturated heterocycles. The number of hydrogen-bond donors (Lipinski definition) is 1. The average molecular weight is 450 g/mol. The number of benzene rings is 2. The number of ether oxygens (including phenoxy) is 1. The monoisotopic (exact) mass is 449 g/mol. The lowest BCUT2D eigenvalue weighted by Gasteiger charge is -2.10. The summed E-state index contributed by atoms with van der Waals surface area (Å²) >= 11 is 0. The normalized spacial score (nSPS) is 9.97. The van der Waals surface area contributed by atoms with Crippen molar-refractivity contribution in [3.8, 4) is 0 Å². The summed E-state index contributed by atoms with van der Waals surface area (Å²) in [5.41, 5.74) is 8.82. The van der Waals surface area contributed by atoms with E-state index in [0.29, 0.717) is 6.47 Å². The largest absolute Gasteiger partial charge is 0.471 e. The quantitative estimate of drug-likeness (QED) is 0.324. The maximum absolute atomic E-state index is 8.95. The van der Waals surface area contributed by atoms with Crippen molar-refractivity contribution in [1.82, 2.24) is 15.2 Å².